The summed E-state index contributed by atoms with van der Waals surface area (Å²) in [5.74, 6) is -1.39. The number of nitrogens with zero attached hydrogens (tertiary/aromatic N) is 1. The van der Waals surface area contributed by atoms with Gasteiger partial charge in [-0.15, -0.1) is 0 Å². The van der Waals surface area contributed by atoms with Crippen LogP contribution in [-0.4, -0.2) is 10.5 Å². The maximum atomic E-state index is 14.0. The van der Waals surface area contributed by atoms with E-state index in [9.17, 15) is 22.4 Å². The lowest BCUT2D eigenvalue weighted by molar-refractivity contribution is -0.137. The number of halogens is 4. The van der Waals surface area contributed by atoms with Crippen molar-refractivity contribution in [1.29, 1.82) is 0 Å². The summed E-state index contributed by atoms with van der Waals surface area (Å²) in [4.78, 5) is 12.0. The molecule has 3 nitrogen and oxygen atoms in total. The average Bonchev–Trinajstić information content (AvgIpc) is 3.00. The van der Waals surface area contributed by atoms with Crippen LogP contribution in [0.2, 0.25) is 0 Å². The van der Waals surface area contributed by atoms with Crippen molar-refractivity contribution in [3.63, 3.8) is 0 Å². The van der Waals surface area contributed by atoms with E-state index in [0.717, 1.165) is 17.7 Å². The van der Waals surface area contributed by atoms with Gasteiger partial charge in [0.05, 0.1) is 16.6 Å². The SMILES string of the molecule is CC(C)c1c[c]c2c3c(C(N)=O)cccc3n(Cc3cc(F)cc(C(F)(F)F)c3)c2c1. The highest BCUT2D eigenvalue weighted by Crippen LogP contribution is 2.35. The van der Waals surface area contributed by atoms with Gasteiger partial charge in [-0.25, -0.2) is 4.39 Å². The van der Waals surface area contributed by atoms with Crippen molar-refractivity contribution in [3.8, 4) is 0 Å². The quantitative estimate of drug-likeness (QED) is 0.398. The van der Waals surface area contributed by atoms with Gasteiger partial charge in [0.2, 0.25) is 5.91 Å². The normalized spacial score (nSPS) is 12.2. The van der Waals surface area contributed by atoms with Crippen LogP contribution in [0.4, 0.5) is 17.6 Å². The highest BCUT2D eigenvalue weighted by Gasteiger charge is 2.31. The van der Waals surface area contributed by atoms with Crippen molar-refractivity contribution in [2.24, 2.45) is 5.73 Å². The molecular weight excluding hydrogens is 408 g/mol. The number of amides is 1. The summed E-state index contributed by atoms with van der Waals surface area (Å²) in [6.45, 7) is 4.01. The topological polar surface area (TPSA) is 48.0 Å². The molecular formula is C24H19F4N2O. The van der Waals surface area contributed by atoms with Crippen LogP contribution in [-0.2, 0) is 12.7 Å². The zero-order valence-corrected chi connectivity index (χ0v) is 16.8. The molecule has 31 heavy (non-hydrogen) atoms. The molecule has 159 valence electrons. The Kier molecular flexibility index (Phi) is 5.00. The summed E-state index contributed by atoms with van der Waals surface area (Å²) in [6, 6.07) is 14.5. The second-order valence-electron chi connectivity index (χ2n) is 7.84. The molecule has 7 heteroatoms. The molecule has 4 rings (SSSR count). The summed E-state index contributed by atoms with van der Waals surface area (Å²) in [5, 5.41) is 1.22. The molecule has 0 fully saturated rings. The first-order chi connectivity index (χ1) is 14.6. The summed E-state index contributed by atoms with van der Waals surface area (Å²) >= 11 is 0. The fourth-order valence-corrected chi connectivity index (χ4v) is 3.87. The van der Waals surface area contributed by atoms with E-state index >= 15 is 0 Å². The molecule has 0 bridgehead atoms. The number of alkyl halides is 3. The number of primary amides is 1. The number of fused-ring (bicyclic) bond motifs is 3. The van der Waals surface area contributed by atoms with Crippen LogP contribution in [0.1, 0.15) is 46.8 Å². The highest BCUT2D eigenvalue weighted by atomic mass is 19.4. The number of nitrogens with two attached hydrogens (primary N) is 1. The van der Waals surface area contributed by atoms with Gasteiger partial charge < -0.3 is 10.3 Å². The average molecular weight is 427 g/mol. The predicted octanol–water partition coefficient (Wildman–Crippen LogP) is 6.02. The zero-order chi connectivity index (χ0) is 22.5. The number of hydrogen-bond donors (Lipinski definition) is 1. The number of carbonyl (C=O) groups excluding carboxylic acids is 1. The van der Waals surface area contributed by atoms with Gasteiger partial charge in [-0.3, -0.25) is 4.79 Å². The zero-order valence-electron chi connectivity index (χ0n) is 16.8. The molecule has 0 saturated carbocycles. The lowest BCUT2D eigenvalue weighted by Crippen LogP contribution is -2.11. The minimum Gasteiger partial charge on any atom is -0.366 e. The Hall–Kier alpha value is -3.35. The van der Waals surface area contributed by atoms with Gasteiger partial charge in [0.1, 0.15) is 5.82 Å². The fraction of sp³-hybridized carbons (Fsp3) is 0.208. The van der Waals surface area contributed by atoms with E-state index in [4.69, 9.17) is 5.73 Å². The molecule has 0 unspecified atom stereocenters. The van der Waals surface area contributed by atoms with Crippen LogP contribution in [0.15, 0.2) is 48.5 Å². The second-order valence-corrected chi connectivity index (χ2v) is 7.84. The summed E-state index contributed by atoms with van der Waals surface area (Å²) in [7, 11) is 0. The smallest absolute Gasteiger partial charge is 0.366 e. The Bertz CT molecular complexity index is 1320. The molecule has 1 aromatic heterocycles. The molecule has 2 N–H and O–H groups in total. The van der Waals surface area contributed by atoms with Crippen molar-refractivity contribution in [2.75, 3.05) is 0 Å². The lowest BCUT2D eigenvalue weighted by atomic mass is 10.00. The van der Waals surface area contributed by atoms with Crippen LogP contribution in [0.25, 0.3) is 21.8 Å². The van der Waals surface area contributed by atoms with Gasteiger partial charge in [0, 0.05) is 22.9 Å². The molecule has 0 atom stereocenters. The monoisotopic (exact) mass is 427 g/mol. The molecule has 1 radical (unpaired) electrons. The molecule has 0 spiro atoms. The molecule has 0 aliphatic heterocycles. The second kappa shape index (κ2) is 7.41. The summed E-state index contributed by atoms with van der Waals surface area (Å²) in [6.07, 6.45) is -4.66. The summed E-state index contributed by atoms with van der Waals surface area (Å²) < 4.78 is 55.3. The largest absolute Gasteiger partial charge is 0.416 e. The van der Waals surface area contributed by atoms with Crippen LogP contribution < -0.4 is 5.73 Å². The van der Waals surface area contributed by atoms with Gasteiger partial charge in [-0.1, -0.05) is 26.0 Å². The van der Waals surface area contributed by atoms with E-state index in [1.165, 1.54) is 0 Å². The molecule has 0 aliphatic carbocycles. The highest BCUT2D eigenvalue weighted by molar-refractivity contribution is 6.17. The fourth-order valence-electron chi connectivity index (χ4n) is 3.87. The number of rotatable bonds is 4. The van der Waals surface area contributed by atoms with E-state index in [0.29, 0.717) is 33.4 Å². The van der Waals surface area contributed by atoms with E-state index in [1.807, 2.05) is 26.0 Å². The Morgan fingerprint density at radius 3 is 2.52 bits per heavy atom. The third kappa shape index (κ3) is 3.76. The first-order valence-electron chi connectivity index (χ1n) is 9.69. The molecule has 0 aliphatic rings. The third-order valence-corrected chi connectivity index (χ3v) is 5.37. The van der Waals surface area contributed by atoms with Gasteiger partial charge in [-0.2, -0.15) is 13.2 Å². The Morgan fingerprint density at radius 2 is 1.87 bits per heavy atom. The van der Waals surface area contributed by atoms with Gasteiger partial charge in [-0.05, 0) is 59.5 Å². The number of carbonyl (C=O) groups is 1. The minimum atomic E-state index is -4.66. The van der Waals surface area contributed by atoms with Gasteiger partial charge in [0.15, 0.2) is 0 Å². The van der Waals surface area contributed by atoms with E-state index in [-0.39, 0.29) is 18.0 Å². The molecule has 1 heterocycles. The molecule has 3 aromatic carbocycles. The maximum Gasteiger partial charge on any atom is 0.416 e. The predicted molar refractivity (Wildman–Crippen MR) is 111 cm³/mol. The lowest BCUT2D eigenvalue weighted by Gasteiger charge is -2.13. The Balaban J connectivity index is 2.00. The van der Waals surface area contributed by atoms with Gasteiger partial charge in [0.25, 0.3) is 0 Å². The van der Waals surface area contributed by atoms with Crippen molar-refractivity contribution in [2.45, 2.75) is 32.5 Å². The number of hydrogen-bond acceptors (Lipinski definition) is 1. The molecule has 0 saturated heterocycles. The Labute approximate surface area is 176 Å². The summed E-state index contributed by atoms with van der Waals surface area (Å²) in [5.41, 5.74) is 7.25. The third-order valence-electron chi connectivity index (χ3n) is 5.37. The van der Waals surface area contributed by atoms with Crippen molar-refractivity contribution >= 4 is 27.7 Å². The minimum absolute atomic E-state index is 0.0154. The molecule has 4 aromatic rings. The number of aromatic nitrogens is 1. The van der Waals surface area contributed by atoms with Crippen molar-refractivity contribution in [3.05, 3.63) is 82.7 Å². The van der Waals surface area contributed by atoms with E-state index in [2.05, 4.69) is 6.07 Å². The van der Waals surface area contributed by atoms with E-state index < -0.39 is 23.5 Å². The molecule has 1 amide bonds. The van der Waals surface area contributed by atoms with Crippen LogP contribution in [0, 0.1) is 11.9 Å². The van der Waals surface area contributed by atoms with Crippen molar-refractivity contribution in [1.82, 2.24) is 4.57 Å². The van der Waals surface area contributed by atoms with Gasteiger partial charge >= 0.3 is 6.18 Å². The van der Waals surface area contributed by atoms with E-state index in [1.54, 1.807) is 22.8 Å². The number of benzene rings is 3. The first-order valence-corrected chi connectivity index (χ1v) is 9.69. The van der Waals surface area contributed by atoms with Crippen LogP contribution in [0.5, 0.6) is 0 Å². The van der Waals surface area contributed by atoms with Crippen LogP contribution >= 0.6 is 0 Å². The Morgan fingerprint density at radius 1 is 1.13 bits per heavy atom. The standard InChI is InChI=1S/C24H19F4N2O/c1-13(2)15-6-7-18-21(10-15)30(20-5-3-4-19(22(18)20)23(29)31)12-14-8-16(24(26,27)28)11-17(25)9-14/h3-6,8-11,13H,12H2,1-2H3,(H2,29,31). The first kappa shape index (κ1) is 20.9. The maximum absolute atomic E-state index is 14.0. The van der Waals surface area contributed by atoms with Crippen molar-refractivity contribution < 1.29 is 22.4 Å². The van der Waals surface area contributed by atoms with Crippen LogP contribution in [0.3, 0.4) is 0 Å².